The zero-order valence-corrected chi connectivity index (χ0v) is 31.2. The van der Waals surface area contributed by atoms with Gasteiger partial charge in [0, 0.05) is 42.7 Å². The number of halogens is 2. The van der Waals surface area contributed by atoms with E-state index in [2.05, 4.69) is 22.0 Å². The van der Waals surface area contributed by atoms with Crippen molar-refractivity contribution in [2.75, 3.05) is 10.6 Å². The van der Waals surface area contributed by atoms with Gasteiger partial charge in [0.05, 0.1) is 5.56 Å². The lowest BCUT2D eigenvalue weighted by molar-refractivity contribution is -0.116. The van der Waals surface area contributed by atoms with Gasteiger partial charge >= 0.3 is 0 Å². The molecule has 0 aliphatic heterocycles. The third kappa shape index (κ3) is 9.24. The second kappa shape index (κ2) is 17.3. The predicted molar refractivity (Wildman–Crippen MR) is 216 cm³/mol. The zero-order chi connectivity index (χ0) is 37.3. The van der Waals surface area contributed by atoms with Crippen LogP contribution in [0.3, 0.4) is 0 Å². The van der Waals surface area contributed by atoms with Crippen LogP contribution >= 0.6 is 46.3 Å². The molecule has 0 saturated heterocycles. The van der Waals surface area contributed by atoms with Gasteiger partial charge in [0.25, 0.3) is 11.8 Å². The van der Waals surface area contributed by atoms with E-state index in [0.29, 0.717) is 42.3 Å². The number of nitriles is 1. The summed E-state index contributed by atoms with van der Waals surface area (Å²) in [7, 11) is 0. The van der Waals surface area contributed by atoms with E-state index in [1.807, 2.05) is 73.0 Å². The van der Waals surface area contributed by atoms with Gasteiger partial charge in [-0.25, -0.2) is 0 Å². The van der Waals surface area contributed by atoms with E-state index in [1.165, 1.54) is 29.2 Å². The van der Waals surface area contributed by atoms with E-state index in [1.54, 1.807) is 66.7 Å². The van der Waals surface area contributed by atoms with E-state index < -0.39 is 17.1 Å². The van der Waals surface area contributed by atoms with Crippen molar-refractivity contribution in [3.05, 3.63) is 176 Å². The molecule has 0 spiro atoms. The van der Waals surface area contributed by atoms with E-state index in [-0.39, 0.29) is 11.6 Å². The van der Waals surface area contributed by atoms with Crippen molar-refractivity contribution in [2.45, 2.75) is 17.1 Å². The molecule has 1 atom stereocenters. The average molecular weight is 774 g/mol. The molecule has 1 heterocycles. The number of hydrogen-bond donors (Lipinski definition) is 3. The Morgan fingerprint density at radius 1 is 0.811 bits per heavy atom. The maximum Gasteiger partial charge on any atom is 0.272 e. The van der Waals surface area contributed by atoms with Crippen molar-refractivity contribution in [3.8, 4) is 17.2 Å². The minimum absolute atomic E-state index is 0.0808. The van der Waals surface area contributed by atoms with Crippen LogP contribution in [0.2, 0.25) is 10.0 Å². The van der Waals surface area contributed by atoms with Crippen molar-refractivity contribution in [1.29, 1.82) is 5.26 Å². The fourth-order valence-corrected chi connectivity index (χ4v) is 7.81. The van der Waals surface area contributed by atoms with Crippen LogP contribution in [0, 0.1) is 18.3 Å². The van der Waals surface area contributed by atoms with Crippen molar-refractivity contribution in [3.63, 3.8) is 0 Å². The summed E-state index contributed by atoms with van der Waals surface area (Å²) >= 11 is 15.4. The Hall–Kier alpha value is -5.63. The lowest BCUT2D eigenvalue weighted by Gasteiger charge is -2.18. The Balaban J connectivity index is 1.25. The van der Waals surface area contributed by atoms with Crippen LogP contribution in [-0.4, -0.2) is 17.7 Å². The normalized spacial score (nSPS) is 11.6. The number of benzene rings is 5. The molecule has 0 radical (unpaired) electrons. The molecule has 6 rings (SSSR count). The van der Waals surface area contributed by atoms with Gasteiger partial charge in [-0.1, -0.05) is 114 Å². The number of thioether (sulfide) groups is 1. The molecule has 0 saturated carbocycles. The van der Waals surface area contributed by atoms with Gasteiger partial charge in [-0.2, -0.15) is 5.26 Å². The van der Waals surface area contributed by atoms with Gasteiger partial charge in [-0.15, -0.1) is 23.1 Å². The molecular formula is C42H30Cl2N4O3S2. The highest BCUT2D eigenvalue weighted by atomic mass is 35.5. The molecule has 5 aromatic carbocycles. The summed E-state index contributed by atoms with van der Waals surface area (Å²) in [5.41, 5.74) is 4.97. The van der Waals surface area contributed by atoms with Crippen LogP contribution in [0.5, 0.6) is 0 Å². The first-order valence-corrected chi connectivity index (χ1v) is 18.8. The predicted octanol–water partition coefficient (Wildman–Crippen LogP) is 10.8. The van der Waals surface area contributed by atoms with Crippen molar-refractivity contribution in [1.82, 2.24) is 5.32 Å². The Morgan fingerprint density at radius 3 is 2.15 bits per heavy atom. The topological polar surface area (TPSA) is 111 Å². The fourth-order valence-electron chi connectivity index (χ4n) is 5.30. The van der Waals surface area contributed by atoms with Gasteiger partial charge in [0.15, 0.2) is 0 Å². The average Bonchev–Trinajstić information content (AvgIpc) is 3.58. The third-order valence-corrected chi connectivity index (χ3v) is 10.8. The van der Waals surface area contributed by atoms with Gasteiger partial charge in [0.2, 0.25) is 5.91 Å². The first-order valence-electron chi connectivity index (χ1n) is 16.2. The highest BCUT2D eigenvalue weighted by molar-refractivity contribution is 8.00. The number of nitrogens with one attached hydrogen (secondary N) is 3. The number of aryl methyl sites for hydroxylation is 1. The largest absolute Gasteiger partial charge is 0.321 e. The minimum atomic E-state index is -0.707. The highest BCUT2D eigenvalue weighted by Gasteiger charge is 2.25. The number of carbonyl (C=O) groups excluding carboxylic acids is 3. The first-order chi connectivity index (χ1) is 25.7. The van der Waals surface area contributed by atoms with E-state index >= 15 is 0 Å². The zero-order valence-electron chi connectivity index (χ0n) is 28.1. The minimum Gasteiger partial charge on any atom is -0.321 e. The van der Waals surface area contributed by atoms with Crippen molar-refractivity contribution in [2.24, 2.45) is 0 Å². The second-order valence-electron chi connectivity index (χ2n) is 11.7. The van der Waals surface area contributed by atoms with Crippen LogP contribution in [0.4, 0.5) is 10.7 Å². The number of thiophene rings is 1. The Labute approximate surface area is 325 Å². The maximum atomic E-state index is 14.0. The molecule has 3 amide bonds. The summed E-state index contributed by atoms with van der Waals surface area (Å²) < 4.78 is 0. The molecule has 0 aliphatic rings. The molecule has 6 aromatic rings. The maximum absolute atomic E-state index is 14.0. The molecule has 3 N–H and O–H groups in total. The van der Waals surface area contributed by atoms with Crippen LogP contribution < -0.4 is 16.0 Å². The molecule has 0 aliphatic carbocycles. The number of nitrogens with zero attached hydrogens (tertiary/aromatic N) is 1. The molecule has 11 heteroatoms. The van der Waals surface area contributed by atoms with E-state index in [9.17, 15) is 19.6 Å². The Kier molecular flexibility index (Phi) is 12.1. The summed E-state index contributed by atoms with van der Waals surface area (Å²) in [6.45, 7) is 2.00. The quantitative estimate of drug-likeness (QED) is 0.0897. The van der Waals surface area contributed by atoms with Gasteiger partial charge in [-0.3, -0.25) is 14.4 Å². The van der Waals surface area contributed by atoms with Crippen LogP contribution in [0.1, 0.15) is 37.9 Å². The summed E-state index contributed by atoms with van der Waals surface area (Å²) in [5.74, 6) is -1.42. The molecule has 262 valence electrons. The van der Waals surface area contributed by atoms with Crippen LogP contribution in [0.15, 0.2) is 143 Å². The van der Waals surface area contributed by atoms with E-state index in [0.717, 1.165) is 22.3 Å². The molecule has 0 fully saturated rings. The lowest BCUT2D eigenvalue weighted by Crippen LogP contribution is -2.30. The standard InChI is InChI=1S/C42H30Cl2N4O3S2/c1-26-18-20-27(21-19-26)34-25-52-42(33(34)24-45)48-41(51)38(28-10-4-2-5-11-28)53-31-15-8-14-30(22-31)46-40(50)37(23-32-35(43)16-9-17-36(32)44)47-39(49)29-12-6-3-7-13-29/h2-23,25,38H,1H3,(H,46,50)(H,47,49)(H,48,51)/b37-23+. The number of amides is 3. The lowest BCUT2D eigenvalue weighted by atomic mass is 10.0. The Morgan fingerprint density at radius 2 is 1.47 bits per heavy atom. The number of hydrogen-bond acceptors (Lipinski definition) is 6. The number of rotatable bonds is 11. The van der Waals surface area contributed by atoms with E-state index in [4.69, 9.17) is 23.2 Å². The molecule has 53 heavy (non-hydrogen) atoms. The summed E-state index contributed by atoms with van der Waals surface area (Å²) in [6.07, 6.45) is 1.43. The molecule has 7 nitrogen and oxygen atoms in total. The molecule has 0 bridgehead atoms. The summed E-state index contributed by atoms with van der Waals surface area (Å²) in [5, 5.41) is 20.9. The smallest absolute Gasteiger partial charge is 0.272 e. The first kappa shape index (κ1) is 37.1. The Bertz CT molecular complexity index is 2340. The third-order valence-electron chi connectivity index (χ3n) is 8.01. The van der Waals surface area contributed by atoms with Crippen LogP contribution in [-0.2, 0) is 9.59 Å². The van der Waals surface area contributed by atoms with Gasteiger partial charge in [-0.05, 0) is 66.6 Å². The SMILES string of the molecule is Cc1ccc(-c2csc(NC(=O)C(Sc3cccc(NC(=O)/C(=C\c4c(Cl)cccc4Cl)NC(=O)c4ccccc4)c3)c3ccccc3)c2C#N)cc1. The summed E-state index contributed by atoms with van der Waals surface area (Å²) in [6, 6.07) is 40.0. The second-order valence-corrected chi connectivity index (χ2v) is 14.6. The summed E-state index contributed by atoms with van der Waals surface area (Å²) in [4.78, 5) is 41.6. The number of carbonyl (C=O) groups is 3. The van der Waals surface area contributed by atoms with Gasteiger partial charge < -0.3 is 16.0 Å². The molecule has 1 unspecified atom stereocenters. The van der Waals surface area contributed by atoms with Crippen molar-refractivity contribution < 1.29 is 14.4 Å². The monoisotopic (exact) mass is 772 g/mol. The highest BCUT2D eigenvalue weighted by Crippen LogP contribution is 2.40. The van der Waals surface area contributed by atoms with Crippen molar-refractivity contribution >= 4 is 80.8 Å². The number of anilines is 2. The van der Waals surface area contributed by atoms with Gasteiger partial charge in [0.1, 0.15) is 22.0 Å². The molecule has 1 aromatic heterocycles. The fraction of sp³-hybridized carbons (Fsp3) is 0.0476. The van der Waals surface area contributed by atoms with Crippen LogP contribution in [0.25, 0.3) is 17.2 Å². The molecular weight excluding hydrogens is 744 g/mol.